The maximum Gasteiger partial charge on any atom is 0.380 e. The predicted molar refractivity (Wildman–Crippen MR) is 59.9 cm³/mol. The molecule has 2 aromatic heterocycles. The van der Waals surface area contributed by atoms with Crippen molar-refractivity contribution in [1.82, 2.24) is 19.7 Å². The third-order valence-electron chi connectivity index (χ3n) is 1.95. The Hall–Kier alpha value is -3.17. The fourth-order valence-corrected chi connectivity index (χ4v) is 1.19. The molecule has 0 spiro atoms. The monoisotopic (exact) mass is 266 g/mol. The number of H-pyrrole nitrogens is 3. The van der Waals surface area contributed by atoms with E-state index in [-0.39, 0.29) is 0 Å². The molecule has 0 aliphatic rings. The highest BCUT2D eigenvalue weighted by Crippen LogP contribution is 1.87. The predicted octanol–water partition coefficient (Wildman–Crippen LogP) is -2.82. The lowest BCUT2D eigenvalue weighted by Gasteiger charge is -2.04. The van der Waals surface area contributed by atoms with E-state index in [0.29, 0.717) is 4.73 Å². The van der Waals surface area contributed by atoms with Crippen molar-refractivity contribution in [3.8, 4) is 0 Å². The van der Waals surface area contributed by atoms with Crippen molar-refractivity contribution >= 4 is 5.97 Å². The van der Waals surface area contributed by atoms with Crippen LogP contribution < -0.4 is 27.3 Å². The van der Waals surface area contributed by atoms with Crippen molar-refractivity contribution < 1.29 is 9.63 Å². The molecule has 2 rings (SSSR count). The average molecular weight is 266 g/mol. The molecule has 0 atom stereocenters. The third-order valence-corrected chi connectivity index (χ3v) is 1.95. The number of nitrogens with zero attached hydrogens (tertiary/aromatic N) is 1. The van der Waals surface area contributed by atoms with Gasteiger partial charge in [0.15, 0.2) is 0 Å². The molecule has 0 aliphatic carbocycles. The van der Waals surface area contributed by atoms with E-state index < -0.39 is 34.2 Å². The van der Waals surface area contributed by atoms with Gasteiger partial charge in [-0.1, -0.05) is 0 Å². The van der Waals surface area contributed by atoms with Crippen molar-refractivity contribution in [2.75, 3.05) is 0 Å². The Labute approximate surface area is 102 Å². The zero-order valence-electron chi connectivity index (χ0n) is 9.13. The molecule has 10 heteroatoms. The van der Waals surface area contributed by atoms with E-state index in [9.17, 15) is 24.0 Å². The number of rotatable bonds is 2. The molecule has 0 saturated heterocycles. The summed E-state index contributed by atoms with van der Waals surface area (Å²) in [5.74, 6) is -1.14. The van der Waals surface area contributed by atoms with Gasteiger partial charge in [-0.2, -0.15) is 0 Å². The van der Waals surface area contributed by atoms with Gasteiger partial charge in [0.25, 0.3) is 11.1 Å². The molecule has 0 radical (unpaired) electrons. The van der Waals surface area contributed by atoms with E-state index in [2.05, 4.69) is 4.84 Å². The molecule has 2 aromatic rings. The van der Waals surface area contributed by atoms with Crippen molar-refractivity contribution in [3.05, 3.63) is 65.7 Å². The number of aromatic nitrogens is 4. The molecule has 2 heterocycles. The van der Waals surface area contributed by atoms with Gasteiger partial charge in [-0.25, -0.2) is 14.4 Å². The fourth-order valence-electron chi connectivity index (χ4n) is 1.19. The molecule has 0 amide bonds. The number of carbonyl (C=O) groups excluding carboxylic acids is 1. The molecule has 0 bridgehead atoms. The summed E-state index contributed by atoms with van der Waals surface area (Å²) in [6.07, 6.45) is 0.921. The number of hydrogen-bond donors (Lipinski definition) is 3. The van der Waals surface area contributed by atoms with Crippen LogP contribution >= 0.6 is 0 Å². The minimum atomic E-state index is -1.14. The second kappa shape index (κ2) is 4.60. The first kappa shape index (κ1) is 12.3. The molecule has 19 heavy (non-hydrogen) atoms. The van der Waals surface area contributed by atoms with Crippen LogP contribution in [0.1, 0.15) is 10.5 Å². The van der Waals surface area contributed by atoms with Crippen LogP contribution in [0.25, 0.3) is 0 Å². The Morgan fingerprint density at radius 3 is 2.42 bits per heavy atom. The van der Waals surface area contributed by atoms with Gasteiger partial charge in [0.1, 0.15) is 5.69 Å². The van der Waals surface area contributed by atoms with Crippen LogP contribution in [0.5, 0.6) is 0 Å². The van der Waals surface area contributed by atoms with Gasteiger partial charge in [-0.3, -0.25) is 19.6 Å². The van der Waals surface area contributed by atoms with Gasteiger partial charge in [-0.15, -0.1) is 4.73 Å². The summed E-state index contributed by atoms with van der Waals surface area (Å²) in [6.45, 7) is 0. The summed E-state index contributed by atoms with van der Waals surface area (Å²) in [6, 6.07) is 1.75. The maximum atomic E-state index is 11.6. The van der Waals surface area contributed by atoms with Crippen molar-refractivity contribution in [1.29, 1.82) is 0 Å². The van der Waals surface area contributed by atoms with E-state index in [0.717, 1.165) is 18.3 Å². The van der Waals surface area contributed by atoms with Crippen molar-refractivity contribution in [3.63, 3.8) is 0 Å². The largest absolute Gasteiger partial charge is 0.380 e. The molecule has 0 fully saturated rings. The topological polar surface area (TPSA) is 147 Å². The highest BCUT2D eigenvalue weighted by atomic mass is 16.7. The smallest absolute Gasteiger partial charge is 0.325 e. The highest BCUT2D eigenvalue weighted by molar-refractivity contribution is 5.87. The molecule has 3 N–H and O–H groups in total. The van der Waals surface area contributed by atoms with Gasteiger partial charge in [-0.05, 0) is 0 Å². The highest BCUT2D eigenvalue weighted by Gasteiger charge is 2.12. The standard InChI is InChI=1S/C9H6N4O6/c14-5-1-2-13(9(18)12-5)19-7(16)4-3-6(15)11-8(17)10-4/h1-3H,(H,12,14,18)(H2,10,11,15,17). The summed E-state index contributed by atoms with van der Waals surface area (Å²) in [5.41, 5.74) is -3.78. The normalized spacial score (nSPS) is 10.1. The number of nitrogens with one attached hydrogen (secondary N) is 3. The van der Waals surface area contributed by atoms with Crippen LogP contribution in [0.2, 0.25) is 0 Å². The number of hydrogen-bond acceptors (Lipinski definition) is 6. The number of aromatic amines is 3. The summed E-state index contributed by atoms with van der Waals surface area (Å²) in [5, 5.41) is 0. The number of carbonyl (C=O) groups is 1. The molecular formula is C9H6N4O6. The second-order valence-electron chi connectivity index (χ2n) is 3.32. The van der Waals surface area contributed by atoms with E-state index in [1.165, 1.54) is 0 Å². The van der Waals surface area contributed by atoms with Crippen LogP contribution in [0.15, 0.2) is 37.5 Å². The van der Waals surface area contributed by atoms with Crippen LogP contribution in [0.3, 0.4) is 0 Å². The first-order valence-corrected chi connectivity index (χ1v) is 4.84. The summed E-state index contributed by atoms with van der Waals surface area (Å²) in [7, 11) is 0. The van der Waals surface area contributed by atoms with Crippen LogP contribution in [-0.2, 0) is 0 Å². The summed E-state index contributed by atoms with van der Waals surface area (Å²) < 4.78 is 0.448. The molecule has 0 aromatic carbocycles. The first-order chi connectivity index (χ1) is 8.95. The lowest BCUT2D eigenvalue weighted by atomic mass is 10.4. The quantitative estimate of drug-likeness (QED) is 0.534. The van der Waals surface area contributed by atoms with E-state index in [1.54, 1.807) is 0 Å². The SMILES string of the molecule is O=C(On1ccc(=O)[nH]c1=O)c1cc(=O)[nH]c(=O)[nH]1. The second-order valence-corrected chi connectivity index (χ2v) is 3.32. The van der Waals surface area contributed by atoms with E-state index in [1.807, 2.05) is 15.0 Å². The van der Waals surface area contributed by atoms with Gasteiger partial charge in [0, 0.05) is 12.1 Å². The van der Waals surface area contributed by atoms with Gasteiger partial charge in [0.05, 0.1) is 6.20 Å². The molecular weight excluding hydrogens is 260 g/mol. The molecule has 10 nitrogen and oxygen atoms in total. The third kappa shape index (κ3) is 2.74. The van der Waals surface area contributed by atoms with Crippen molar-refractivity contribution in [2.45, 2.75) is 0 Å². The van der Waals surface area contributed by atoms with Gasteiger partial charge in [0.2, 0.25) is 0 Å². The zero-order valence-corrected chi connectivity index (χ0v) is 9.13. The molecule has 98 valence electrons. The lowest BCUT2D eigenvalue weighted by molar-refractivity contribution is 0.0427. The first-order valence-electron chi connectivity index (χ1n) is 4.84. The lowest BCUT2D eigenvalue weighted by Crippen LogP contribution is -2.36. The Bertz CT molecular complexity index is 826. The Morgan fingerprint density at radius 1 is 1.05 bits per heavy atom. The van der Waals surface area contributed by atoms with E-state index in [4.69, 9.17) is 0 Å². The Kier molecular flexibility index (Phi) is 2.98. The Morgan fingerprint density at radius 2 is 1.79 bits per heavy atom. The molecule has 0 aliphatic heterocycles. The fraction of sp³-hybridized carbons (Fsp3) is 0. The van der Waals surface area contributed by atoms with Crippen LogP contribution in [-0.4, -0.2) is 25.7 Å². The minimum Gasteiger partial charge on any atom is -0.325 e. The van der Waals surface area contributed by atoms with Crippen LogP contribution in [0.4, 0.5) is 0 Å². The molecule has 0 saturated carbocycles. The van der Waals surface area contributed by atoms with E-state index >= 15 is 0 Å². The molecule has 0 unspecified atom stereocenters. The zero-order chi connectivity index (χ0) is 14.0. The summed E-state index contributed by atoms with van der Waals surface area (Å²) >= 11 is 0. The Balaban J connectivity index is 2.36. The minimum absolute atomic E-state index is 0.438. The maximum absolute atomic E-state index is 11.6. The van der Waals surface area contributed by atoms with Gasteiger partial charge >= 0.3 is 17.3 Å². The van der Waals surface area contributed by atoms with Crippen LogP contribution in [0, 0.1) is 0 Å². The summed E-state index contributed by atoms with van der Waals surface area (Å²) in [4.78, 5) is 65.8. The van der Waals surface area contributed by atoms with Crippen molar-refractivity contribution in [2.24, 2.45) is 0 Å². The average Bonchev–Trinajstić information content (AvgIpc) is 2.31. The van der Waals surface area contributed by atoms with Gasteiger partial charge < -0.3 is 9.82 Å².